The molecule has 1 fully saturated rings. The summed E-state index contributed by atoms with van der Waals surface area (Å²) in [6.07, 6.45) is 9.64. The molecule has 0 bridgehead atoms. The van der Waals surface area contributed by atoms with Crippen LogP contribution in [-0.4, -0.2) is 20.5 Å². The van der Waals surface area contributed by atoms with Gasteiger partial charge in [0.2, 0.25) is 0 Å². The van der Waals surface area contributed by atoms with Crippen molar-refractivity contribution in [3.05, 3.63) is 41.0 Å². The summed E-state index contributed by atoms with van der Waals surface area (Å²) in [7, 11) is 3.44. The largest absolute Gasteiger partial charge is 0.355 e. The molecule has 102 valence electrons. The smallest absolute Gasteiger partial charge is 0.167 e. The van der Waals surface area contributed by atoms with E-state index in [2.05, 4.69) is 30.4 Å². The summed E-state index contributed by atoms with van der Waals surface area (Å²) in [5.74, 6) is 0.966. The molecule has 0 spiro atoms. The highest BCUT2D eigenvalue weighted by atomic mass is 16.7. The monoisotopic (exact) mass is 258 g/mol. The Morgan fingerprint density at radius 2 is 1.84 bits per heavy atom. The number of ether oxygens (including phenoxy) is 2. The average molecular weight is 258 g/mol. The second-order valence-corrected chi connectivity index (χ2v) is 5.56. The van der Waals surface area contributed by atoms with Crippen molar-refractivity contribution in [2.75, 3.05) is 14.2 Å². The molecule has 1 unspecified atom stereocenters. The van der Waals surface area contributed by atoms with Gasteiger partial charge in [-0.3, -0.25) is 0 Å². The van der Waals surface area contributed by atoms with Crippen molar-refractivity contribution in [2.45, 2.75) is 43.8 Å². The first-order valence-electron chi connectivity index (χ1n) is 7.21. The zero-order valence-electron chi connectivity index (χ0n) is 11.8. The summed E-state index contributed by atoms with van der Waals surface area (Å²) in [4.78, 5) is 0. The van der Waals surface area contributed by atoms with E-state index in [1.165, 1.54) is 42.4 Å². The Kier molecular flexibility index (Phi) is 3.72. The minimum absolute atomic E-state index is 0.181. The molecule has 1 aromatic carbocycles. The van der Waals surface area contributed by atoms with Gasteiger partial charge < -0.3 is 9.47 Å². The summed E-state index contributed by atoms with van der Waals surface area (Å²) in [5, 5.41) is 0. The van der Waals surface area contributed by atoms with E-state index in [4.69, 9.17) is 9.47 Å². The van der Waals surface area contributed by atoms with Gasteiger partial charge in [0.15, 0.2) is 6.29 Å². The predicted molar refractivity (Wildman–Crippen MR) is 77.2 cm³/mol. The third-order valence-corrected chi connectivity index (χ3v) is 4.54. The van der Waals surface area contributed by atoms with E-state index in [1.54, 1.807) is 14.2 Å². The number of methoxy groups -OCH3 is 2. The molecule has 0 aromatic heterocycles. The van der Waals surface area contributed by atoms with Crippen molar-refractivity contribution >= 4 is 6.08 Å². The highest BCUT2D eigenvalue weighted by Gasteiger charge is 2.31. The van der Waals surface area contributed by atoms with Gasteiger partial charge in [0.1, 0.15) is 0 Å². The first kappa shape index (κ1) is 12.9. The standard InChI is InChI=1S/C17H22O2/c1-18-17(19-2)15-11-10-13-8-5-9-14(16(13)15)12-6-3-4-7-12/h5,8-12,15,17H,3-4,6-7H2,1-2H3. The van der Waals surface area contributed by atoms with Gasteiger partial charge in [-0.2, -0.15) is 0 Å². The lowest BCUT2D eigenvalue weighted by atomic mass is 9.86. The highest BCUT2D eigenvalue weighted by Crippen LogP contribution is 2.43. The van der Waals surface area contributed by atoms with E-state index >= 15 is 0 Å². The molecule has 1 atom stereocenters. The minimum atomic E-state index is -0.181. The minimum Gasteiger partial charge on any atom is -0.355 e. The first-order chi connectivity index (χ1) is 9.35. The van der Waals surface area contributed by atoms with Gasteiger partial charge in [0, 0.05) is 14.2 Å². The summed E-state index contributed by atoms with van der Waals surface area (Å²) < 4.78 is 11.0. The van der Waals surface area contributed by atoms with E-state index in [0.717, 1.165) is 5.92 Å². The molecule has 2 aliphatic carbocycles. The van der Waals surface area contributed by atoms with Crippen molar-refractivity contribution in [2.24, 2.45) is 0 Å². The quantitative estimate of drug-likeness (QED) is 0.758. The van der Waals surface area contributed by atoms with Crippen LogP contribution < -0.4 is 0 Å². The van der Waals surface area contributed by atoms with Gasteiger partial charge in [-0.05, 0) is 35.4 Å². The molecular weight excluding hydrogens is 236 g/mol. The molecule has 3 rings (SSSR count). The zero-order chi connectivity index (χ0) is 13.2. The van der Waals surface area contributed by atoms with Gasteiger partial charge >= 0.3 is 0 Å². The third kappa shape index (κ3) is 2.24. The van der Waals surface area contributed by atoms with Crippen LogP contribution in [0.25, 0.3) is 6.08 Å². The molecule has 0 saturated heterocycles. The van der Waals surface area contributed by atoms with Crippen molar-refractivity contribution in [3.8, 4) is 0 Å². The van der Waals surface area contributed by atoms with Crippen LogP contribution in [0.5, 0.6) is 0 Å². The molecule has 0 N–H and O–H groups in total. The Labute approximate surface area is 115 Å². The predicted octanol–water partition coefficient (Wildman–Crippen LogP) is 4.07. The van der Waals surface area contributed by atoms with Crippen LogP contribution in [0.15, 0.2) is 24.3 Å². The SMILES string of the molecule is COC(OC)C1C=Cc2cccc(C3CCCC3)c21. The maximum absolute atomic E-state index is 5.48. The van der Waals surface area contributed by atoms with Crippen molar-refractivity contribution in [1.82, 2.24) is 0 Å². The molecule has 0 aliphatic heterocycles. The lowest BCUT2D eigenvalue weighted by molar-refractivity contribution is -0.109. The zero-order valence-corrected chi connectivity index (χ0v) is 11.8. The van der Waals surface area contributed by atoms with E-state index in [-0.39, 0.29) is 12.2 Å². The van der Waals surface area contributed by atoms with Gasteiger partial charge in [-0.1, -0.05) is 43.2 Å². The fraction of sp³-hybridized carbons (Fsp3) is 0.529. The second kappa shape index (κ2) is 5.48. The van der Waals surface area contributed by atoms with E-state index in [1.807, 2.05) is 0 Å². The Morgan fingerprint density at radius 3 is 2.53 bits per heavy atom. The fourth-order valence-corrected chi connectivity index (χ4v) is 3.64. The topological polar surface area (TPSA) is 18.5 Å². The molecule has 1 saturated carbocycles. The van der Waals surface area contributed by atoms with Crippen molar-refractivity contribution in [1.29, 1.82) is 0 Å². The molecule has 19 heavy (non-hydrogen) atoms. The molecule has 0 radical (unpaired) electrons. The maximum atomic E-state index is 5.48. The average Bonchev–Trinajstić information content (AvgIpc) is 3.09. The summed E-state index contributed by atoms with van der Waals surface area (Å²) >= 11 is 0. The number of benzene rings is 1. The van der Waals surface area contributed by atoms with E-state index in [0.29, 0.717) is 0 Å². The van der Waals surface area contributed by atoms with E-state index < -0.39 is 0 Å². The normalized spacial score (nSPS) is 22.4. The number of rotatable bonds is 4. The van der Waals surface area contributed by atoms with Gasteiger partial charge in [0.25, 0.3) is 0 Å². The molecule has 2 aliphatic rings. The molecule has 2 heteroatoms. The number of fused-ring (bicyclic) bond motifs is 1. The van der Waals surface area contributed by atoms with Gasteiger partial charge in [0.05, 0.1) is 5.92 Å². The maximum Gasteiger partial charge on any atom is 0.167 e. The Morgan fingerprint density at radius 1 is 1.11 bits per heavy atom. The first-order valence-corrected chi connectivity index (χ1v) is 7.21. The summed E-state index contributed by atoms with van der Waals surface area (Å²) in [6, 6.07) is 6.69. The number of hydrogen-bond donors (Lipinski definition) is 0. The van der Waals surface area contributed by atoms with Gasteiger partial charge in [-0.15, -0.1) is 0 Å². The molecule has 1 aromatic rings. The Bertz CT molecular complexity index is 468. The van der Waals surface area contributed by atoms with Crippen LogP contribution in [0.3, 0.4) is 0 Å². The van der Waals surface area contributed by atoms with Crippen molar-refractivity contribution in [3.63, 3.8) is 0 Å². The summed E-state index contributed by atoms with van der Waals surface area (Å²) in [5.41, 5.74) is 4.29. The van der Waals surface area contributed by atoms with Crippen LogP contribution in [-0.2, 0) is 9.47 Å². The molecular formula is C17H22O2. The third-order valence-electron chi connectivity index (χ3n) is 4.54. The second-order valence-electron chi connectivity index (χ2n) is 5.56. The van der Waals surface area contributed by atoms with Crippen molar-refractivity contribution < 1.29 is 9.47 Å². The lowest BCUT2D eigenvalue weighted by Crippen LogP contribution is -2.22. The van der Waals surface area contributed by atoms with E-state index in [9.17, 15) is 0 Å². The summed E-state index contributed by atoms with van der Waals surface area (Å²) in [6.45, 7) is 0. The lowest BCUT2D eigenvalue weighted by Gasteiger charge is -2.25. The molecule has 2 nitrogen and oxygen atoms in total. The molecule has 0 amide bonds. The Balaban J connectivity index is 1.99. The van der Waals surface area contributed by atoms with Crippen LogP contribution in [0.1, 0.15) is 54.2 Å². The van der Waals surface area contributed by atoms with Gasteiger partial charge in [-0.25, -0.2) is 0 Å². The Hall–Kier alpha value is -1.12. The number of hydrogen-bond acceptors (Lipinski definition) is 2. The van der Waals surface area contributed by atoms with Crippen LogP contribution in [0.2, 0.25) is 0 Å². The van der Waals surface area contributed by atoms with Crippen LogP contribution >= 0.6 is 0 Å². The van der Waals surface area contributed by atoms with Crippen LogP contribution in [0.4, 0.5) is 0 Å². The van der Waals surface area contributed by atoms with Crippen LogP contribution in [0, 0.1) is 0 Å². The fourth-order valence-electron chi connectivity index (χ4n) is 3.64. The highest BCUT2D eigenvalue weighted by molar-refractivity contribution is 5.65. The molecule has 0 heterocycles.